The number of nitrogens with one attached hydrogen (secondary N) is 1. The number of carbonyl (C=O) groups is 3. The molecular weight excluding hydrogens is 420 g/mol. The lowest BCUT2D eigenvalue weighted by atomic mass is 10.0. The van der Waals surface area contributed by atoms with Crippen molar-refractivity contribution in [3.05, 3.63) is 23.9 Å². The van der Waals surface area contributed by atoms with Crippen molar-refractivity contribution in [2.45, 2.75) is 77.3 Å². The van der Waals surface area contributed by atoms with Crippen molar-refractivity contribution in [1.82, 2.24) is 20.0 Å². The zero-order valence-electron chi connectivity index (χ0n) is 20.1. The fraction of sp³-hybridized carbons (Fsp3) is 0.600. The number of methoxy groups -OCH3 is 1. The van der Waals surface area contributed by atoms with E-state index in [-0.39, 0.29) is 24.1 Å². The van der Waals surface area contributed by atoms with Crippen LogP contribution in [0, 0.1) is 0 Å². The van der Waals surface area contributed by atoms with Gasteiger partial charge in [-0.25, -0.2) is 0 Å². The SMILES string of the molecule is COc1ccc2c(c1)c(C(C)=O)nn2CC(=O)N(C)C1CCCCCCCCCCNC1=O. The van der Waals surface area contributed by atoms with Crippen LogP contribution in [0.4, 0.5) is 0 Å². The third kappa shape index (κ3) is 6.33. The predicted octanol–water partition coefficient (Wildman–Crippen LogP) is 3.72. The van der Waals surface area contributed by atoms with Gasteiger partial charge in [0, 0.05) is 25.9 Å². The number of nitrogens with zero attached hydrogens (tertiary/aromatic N) is 3. The van der Waals surface area contributed by atoms with Crippen molar-refractivity contribution in [1.29, 1.82) is 0 Å². The number of ether oxygens (including phenoxy) is 1. The van der Waals surface area contributed by atoms with Crippen LogP contribution in [0.1, 0.15) is 75.2 Å². The van der Waals surface area contributed by atoms with E-state index in [0.29, 0.717) is 35.3 Å². The molecule has 1 atom stereocenters. The first-order valence-corrected chi connectivity index (χ1v) is 12.0. The van der Waals surface area contributed by atoms with Crippen LogP contribution in [0.25, 0.3) is 10.9 Å². The first-order chi connectivity index (χ1) is 15.9. The van der Waals surface area contributed by atoms with Gasteiger partial charge in [0.1, 0.15) is 24.0 Å². The van der Waals surface area contributed by atoms with E-state index in [9.17, 15) is 14.4 Å². The minimum absolute atomic E-state index is 0.0452. The summed E-state index contributed by atoms with van der Waals surface area (Å²) in [6, 6.07) is 4.83. The molecular formula is C25H36N4O4. The number of likely N-dealkylation sites (N-methyl/N-ethyl adjacent to an activating group) is 1. The van der Waals surface area contributed by atoms with Gasteiger partial charge in [0.25, 0.3) is 0 Å². The maximum Gasteiger partial charge on any atom is 0.244 e. The lowest BCUT2D eigenvalue weighted by Gasteiger charge is -2.27. The van der Waals surface area contributed by atoms with Crippen molar-refractivity contribution in [3.63, 3.8) is 0 Å². The number of fused-ring (bicyclic) bond motifs is 1. The molecule has 2 aromatic rings. The minimum Gasteiger partial charge on any atom is -0.497 e. The molecule has 33 heavy (non-hydrogen) atoms. The van der Waals surface area contributed by atoms with Gasteiger partial charge in [0.2, 0.25) is 11.8 Å². The third-order valence-electron chi connectivity index (χ3n) is 6.44. The Morgan fingerprint density at radius 1 is 1.12 bits per heavy atom. The highest BCUT2D eigenvalue weighted by Crippen LogP contribution is 2.25. The number of amides is 2. The summed E-state index contributed by atoms with van der Waals surface area (Å²) in [5, 5.41) is 8.08. The van der Waals surface area contributed by atoms with E-state index in [2.05, 4.69) is 10.4 Å². The van der Waals surface area contributed by atoms with E-state index >= 15 is 0 Å². The van der Waals surface area contributed by atoms with Crippen molar-refractivity contribution >= 4 is 28.5 Å². The number of hydrogen-bond donors (Lipinski definition) is 1. The van der Waals surface area contributed by atoms with Crippen LogP contribution >= 0.6 is 0 Å². The van der Waals surface area contributed by atoms with Gasteiger partial charge in [-0.1, -0.05) is 44.9 Å². The van der Waals surface area contributed by atoms with Crippen LogP contribution in [0.3, 0.4) is 0 Å². The molecule has 8 nitrogen and oxygen atoms in total. The molecule has 0 saturated carbocycles. The standard InChI is InChI=1S/C25H36N4O4/c1-18(30)24-20-16-19(33-3)13-14-21(20)29(27-24)17-23(31)28(2)22-12-10-8-6-4-5-7-9-11-15-26-25(22)32/h13-14,16,22H,4-12,15,17H2,1-3H3,(H,26,32). The van der Waals surface area contributed by atoms with Gasteiger partial charge in [-0.05, 0) is 31.0 Å². The molecule has 1 saturated heterocycles. The Bertz CT molecular complexity index is 984. The Kier molecular flexibility index (Phi) is 8.86. The molecule has 1 aromatic carbocycles. The molecule has 1 N–H and O–H groups in total. The third-order valence-corrected chi connectivity index (χ3v) is 6.44. The Hall–Kier alpha value is -2.90. The van der Waals surface area contributed by atoms with Gasteiger partial charge in [-0.15, -0.1) is 0 Å². The lowest BCUT2D eigenvalue weighted by Crippen LogP contribution is -2.48. The molecule has 0 aliphatic carbocycles. The first kappa shape index (κ1) is 24.7. The number of aromatic nitrogens is 2. The Balaban J connectivity index is 1.78. The fourth-order valence-electron chi connectivity index (χ4n) is 4.43. The lowest BCUT2D eigenvalue weighted by molar-refractivity contribution is -0.139. The summed E-state index contributed by atoms with van der Waals surface area (Å²) >= 11 is 0. The number of Topliss-reactive ketones (excluding diaryl/α,β-unsaturated/α-hetero) is 1. The molecule has 1 aromatic heterocycles. The Labute approximate surface area is 195 Å². The first-order valence-electron chi connectivity index (χ1n) is 12.0. The number of carbonyl (C=O) groups excluding carboxylic acids is 3. The molecule has 0 bridgehead atoms. The predicted molar refractivity (Wildman–Crippen MR) is 127 cm³/mol. The molecule has 180 valence electrons. The van der Waals surface area contributed by atoms with E-state index in [0.717, 1.165) is 25.7 Å². The second kappa shape index (κ2) is 11.8. The van der Waals surface area contributed by atoms with Crippen molar-refractivity contribution < 1.29 is 19.1 Å². The quantitative estimate of drug-likeness (QED) is 0.692. The summed E-state index contributed by atoms with van der Waals surface area (Å²) in [6.45, 7) is 2.05. The van der Waals surface area contributed by atoms with Gasteiger partial charge in [-0.2, -0.15) is 5.10 Å². The maximum atomic E-state index is 13.2. The Morgan fingerprint density at radius 3 is 2.45 bits per heavy atom. The fourth-order valence-corrected chi connectivity index (χ4v) is 4.43. The second-order valence-corrected chi connectivity index (χ2v) is 8.87. The van der Waals surface area contributed by atoms with Crippen molar-refractivity contribution in [3.8, 4) is 5.75 Å². The van der Waals surface area contributed by atoms with E-state index in [1.165, 1.54) is 32.6 Å². The van der Waals surface area contributed by atoms with Gasteiger partial charge in [-0.3, -0.25) is 19.1 Å². The van der Waals surface area contributed by atoms with E-state index in [1.807, 2.05) is 0 Å². The Morgan fingerprint density at radius 2 is 1.79 bits per heavy atom. The van der Waals surface area contributed by atoms with E-state index in [1.54, 1.807) is 41.9 Å². The van der Waals surface area contributed by atoms with Gasteiger partial charge >= 0.3 is 0 Å². The van der Waals surface area contributed by atoms with Crippen LogP contribution in [0.2, 0.25) is 0 Å². The molecule has 8 heteroatoms. The van der Waals surface area contributed by atoms with Crippen molar-refractivity contribution in [2.24, 2.45) is 0 Å². The minimum atomic E-state index is -0.507. The number of benzene rings is 1. The summed E-state index contributed by atoms with van der Waals surface area (Å²) in [5.74, 6) is 0.135. The summed E-state index contributed by atoms with van der Waals surface area (Å²) in [7, 11) is 3.25. The summed E-state index contributed by atoms with van der Waals surface area (Å²) < 4.78 is 6.82. The topological polar surface area (TPSA) is 93.5 Å². The smallest absolute Gasteiger partial charge is 0.244 e. The van der Waals surface area contributed by atoms with E-state index < -0.39 is 6.04 Å². The molecule has 2 amide bonds. The molecule has 1 aliphatic rings. The zero-order chi connectivity index (χ0) is 23.8. The highest BCUT2D eigenvalue weighted by atomic mass is 16.5. The average molecular weight is 457 g/mol. The highest BCUT2D eigenvalue weighted by molar-refractivity contribution is 6.05. The molecule has 1 unspecified atom stereocenters. The summed E-state index contributed by atoms with van der Waals surface area (Å²) in [4.78, 5) is 39.8. The van der Waals surface area contributed by atoms with Gasteiger partial charge in [0.15, 0.2) is 5.78 Å². The largest absolute Gasteiger partial charge is 0.497 e. The van der Waals surface area contributed by atoms with Crippen LogP contribution < -0.4 is 10.1 Å². The molecule has 2 heterocycles. The molecule has 0 radical (unpaired) electrons. The normalized spacial score (nSPS) is 18.5. The van der Waals surface area contributed by atoms with Crippen molar-refractivity contribution in [2.75, 3.05) is 20.7 Å². The van der Waals surface area contributed by atoms with Crippen LogP contribution in [-0.2, 0) is 16.1 Å². The van der Waals surface area contributed by atoms with Crippen LogP contribution in [0.5, 0.6) is 5.75 Å². The summed E-state index contributed by atoms with van der Waals surface area (Å²) in [6.07, 6.45) is 9.57. The molecule has 3 rings (SSSR count). The van der Waals surface area contributed by atoms with Gasteiger partial charge in [0.05, 0.1) is 12.6 Å². The van der Waals surface area contributed by atoms with Gasteiger partial charge < -0.3 is 15.0 Å². The molecule has 1 fully saturated rings. The number of ketones is 1. The zero-order valence-corrected chi connectivity index (χ0v) is 20.1. The van der Waals surface area contributed by atoms with Crippen LogP contribution in [0.15, 0.2) is 18.2 Å². The van der Waals surface area contributed by atoms with E-state index in [4.69, 9.17) is 4.74 Å². The van der Waals surface area contributed by atoms with Crippen LogP contribution in [-0.4, -0.2) is 59.0 Å². The monoisotopic (exact) mass is 456 g/mol. The number of hydrogen-bond acceptors (Lipinski definition) is 5. The number of rotatable bonds is 5. The maximum absolute atomic E-state index is 13.2. The highest BCUT2D eigenvalue weighted by Gasteiger charge is 2.27. The average Bonchev–Trinajstić information content (AvgIpc) is 3.17. The molecule has 0 spiro atoms. The molecule has 1 aliphatic heterocycles. The second-order valence-electron chi connectivity index (χ2n) is 8.87. The summed E-state index contributed by atoms with van der Waals surface area (Å²) in [5.41, 5.74) is 0.987.